The summed E-state index contributed by atoms with van der Waals surface area (Å²) < 4.78 is 121. The molecule has 0 saturated carbocycles. The number of carbonyl (C=O) groups is 2. The molecule has 0 heterocycles. The maximum atomic E-state index is 13.3. The lowest BCUT2D eigenvalue weighted by molar-refractivity contribution is -0.356. The minimum absolute atomic E-state index is 0.0245. The number of alkyl halides is 6. The van der Waals surface area contributed by atoms with E-state index in [1.54, 1.807) is 43.4 Å². The second-order valence-corrected chi connectivity index (χ2v) is 10.2. The number of amides is 1. The van der Waals surface area contributed by atoms with E-state index in [0.29, 0.717) is 0 Å². The fraction of sp³-hybridized carbons (Fsp3) is 0.529. The van der Waals surface area contributed by atoms with Gasteiger partial charge < -0.3 is 14.0 Å². The summed E-state index contributed by atoms with van der Waals surface area (Å²) in [5, 5.41) is 0. The molecule has 0 aliphatic carbocycles. The minimum atomic E-state index is -6.48. The van der Waals surface area contributed by atoms with Gasteiger partial charge in [-0.1, -0.05) is 0 Å². The molecule has 0 aliphatic rings. The summed E-state index contributed by atoms with van der Waals surface area (Å²) in [6.07, 6.45) is -13.8. The van der Waals surface area contributed by atoms with E-state index < -0.39 is 57.1 Å². The number of hydrogen-bond donors (Lipinski definition) is 0. The number of benzene rings is 1. The zero-order chi connectivity index (χ0) is 26.2. The van der Waals surface area contributed by atoms with E-state index in [0.717, 1.165) is 23.1 Å². The smallest absolute Gasteiger partial charge is 0.438 e. The van der Waals surface area contributed by atoms with Crippen LogP contribution in [0, 0.1) is 3.57 Å². The molecular formula is C17H17F6INO7S-. The molecule has 0 spiro atoms. The highest BCUT2D eigenvalue weighted by Crippen LogP contribution is 2.47. The topological polar surface area (TPSA) is 113 Å². The van der Waals surface area contributed by atoms with Crippen LogP contribution in [0.1, 0.15) is 31.1 Å². The van der Waals surface area contributed by atoms with Gasteiger partial charge in [0.2, 0.25) is 0 Å². The van der Waals surface area contributed by atoms with Crippen molar-refractivity contribution in [2.24, 2.45) is 0 Å². The lowest BCUT2D eigenvalue weighted by Crippen LogP contribution is -2.63. The summed E-state index contributed by atoms with van der Waals surface area (Å²) in [4.78, 5) is 25.3. The van der Waals surface area contributed by atoms with Crippen LogP contribution in [0.3, 0.4) is 0 Å². The van der Waals surface area contributed by atoms with E-state index in [4.69, 9.17) is 4.74 Å². The first-order chi connectivity index (χ1) is 14.5. The summed E-state index contributed by atoms with van der Waals surface area (Å²) in [6.45, 7) is 4.75. The Balaban J connectivity index is 3.38. The number of halogens is 7. The van der Waals surface area contributed by atoms with Gasteiger partial charge in [0.15, 0.2) is 0 Å². The molecule has 0 aromatic heterocycles. The molecule has 1 aromatic carbocycles. The summed E-state index contributed by atoms with van der Waals surface area (Å²) in [7, 11) is -4.89. The van der Waals surface area contributed by atoms with Gasteiger partial charge in [-0.3, -0.25) is 4.90 Å². The predicted octanol–water partition coefficient (Wildman–Crippen LogP) is 4.23. The van der Waals surface area contributed by atoms with Crippen LogP contribution in [-0.2, 0) is 19.6 Å². The summed E-state index contributed by atoms with van der Waals surface area (Å²) in [6, 6.07) is 2.59. The standard InChI is InChI=1S/C17H18F6INO7S/c1-14(2,3)32-13(27)25(4)11-6-5-9(7-10(11)24)12(26)31-15(16(18,19)20,17(21,22)23)8-33(28,29)30/h5-7H,8H2,1-4H3,(H,28,29,30)/p-1. The van der Waals surface area contributed by atoms with E-state index in [-0.39, 0.29) is 9.26 Å². The highest BCUT2D eigenvalue weighted by Gasteiger charge is 2.75. The Hall–Kier alpha value is -1.82. The fourth-order valence-electron chi connectivity index (χ4n) is 2.27. The Kier molecular flexibility index (Phi) is 8.35. The van der Waals surface area contributed by atoms with Crippen LogP contribution in [0.5, 0.6) is 0 Å². The Morgan fingerprint density at radius 3 is 1.88 bits per heavy atom. The Labute approximate surface area is 198 Å². The SMILES string of the molecule is CN(C(=O)OC(C)(C)C)c1ccc(C(=O)OC(CS(=O)(=O)[O-])(C(F)(F)F)C(F)(F)F)cc1I. The van der Waals surface area contributed by atoms with E-state index in [2.05, 4.69) is 4.74 Å². The van der Waals surface area contributed by atoms with Crippen LogP contribution in [0.25, 0.3) is 0 Å². The number of ether oxygens (including phenoxy) is 2. The highest BCUT2D eigenvalue weighted by molar-refractivity contribution is 14.1. The van der Waals surface area contributed by atoms with Crippen molar-refractivity contribution in [3.05, 3.63) is 27.3 Å². The van der Waals surface area contributed by atoms with E-state index in [1.165, 1.54) is 7.05 Å². The fourth-order valence-corrected chi connectivity index (χ4v) is 4.03. The van der Waals surface area contributed by atoms with E-state index in [1.807, 2.05) is 0 Å². The molecule has 33 heavy (non-hydrogen) atoms. The Morgan fingerprint density at radius 1 is 1.03 bits per heavy atom. The Morgan fingerprint density at radius 2 is 1.52 bits per heavy atom. The van der Waals surface area contributed by atoms with Crippen molar-refractivity contribution in [3.8, 4) is 0 Å². The van der Waals surface area contributed by atoms with Crippen LogP contribution in [0.2, 0.25) is 0 Å². The first kappa shape index (κ1) is 29.2. The third-order valence-corrected chi connectivity index (χ3v) is 5.40. The first-order valence-corrected chi connectivity index (χ1v) is 11.2. The van der Waals surface area contributed by atoms with Crippen LogP contribution < -0.4 is 4.90 Å². The second-order valence-electron chi connectivity index (χ2n) is 7.62. The van der Waals surface area contributed by atoms with Crippen LogP contribution >= 0.6 is 22.6 Å². The van der Waals surface area contributed by atoms with Gasteiger partial charge in [0, 0.05) is 10.6 Å². The molecule has 0 unspecified atom stereocenters. The quantitative estimate of drug-likeness (QED) is 0.210. The molecule has 0 atom stereocenters. The third-order valence-electron chi connectivity index (χ3n) is 3.77. The van der Waals surface area contributed by atoms with E-state index >= 15 is 0 Å². The van der Waals surface area contributed by atoms with Crippen molar-refractivity contribution < 1.29 is 58.4 Å². The van der Waals surface area contributed by atoms with Crippen molar-refractivity contribution in [2.45, 2.75) is 44.3 Å². The van der Waals surface area contributed by atoms with Gasteiger partial charge in [0.1, 0.15) is 5.60 Å². The number of hydrogen-bond acceptors (Lipinski definition) is 7. The number of carbonyl (C=O) groups excluding carboxylic acids is 2. The van der Waals surface area contributed by atoms with Gasteiger partial charge in [-0.2, -0.15) is 26.3 Å². The van der Waals surface area contributed by atoms with Gasteiger partial charge in [0.25, 0.3) is 0 Å². The molecule has 0 bridgehead atoms. The maximum Gasteiger partial charge on any atom is 0.438 e. The molecule has 0 radical (unpaired) electrons. The van der Waals surface area contributed by atoms with Gasteiger partial charge in [-0.15, -0.1) is 0 Å². The molecule has 1 amide bonds. The summed E-state index contributed by atoms with van der Waals surface area (Å²) >= 11 is 1.55. The Bertz CT molecular complexity index is 1000. The molecule has 0 fully saturated rings. The number of esters is 1. The number of anilines is 1. The van der Waals surface area contributed by atoms with Crippen molar-refractivity contribution >= 4 is 50.5 Å². The lowest BCUT2D eigenvalue weighted by atomic mass is 10.1. The molecule has 0 aliphatic heterocycles. The number of rotatable bonds is 5. The molecular weight excluding hydrogens is 603 g/mol. The highest BCUT2D eigenvalue weighted by atomic mass is 127. The third kappa shape index (κ3) is 7.33. The van der Waals surface area contributed by atoms with Gasteiger partial charge in [-0.25, -0.2) is 18.0 Å². The van der Waals surface area contributed by atoms with Crippen LogP contribution in [-0.4, -0.2) is 61.4 Å². The molecule has 0 N–H and O–H groups in total. The zero-order valence-electron chi connectivity index (χ0n) is 17.3. The van der Waals surface area contributed by atoms with Gasteiger partial charge in [0.05, 0.1) is 27.1 Å². The molecule has 0 saturated heterocycles. The average Bonchev–Trinajstić information content (AvgIpc) is 2.55. The zero-order valence-corrected chi connectivity index (χ0v) is 20.3. The molecule has 188 valence electrons. The van der Waals surface area contributed by atoms with Crippen molar-refractivity contribution in [3.63, 3.8) is 0 Å². The largest absolute Gasteiger partial charge is 0.748 e. The molecule has 1 aromatic rings. The normalized spacial score (nSPS) is 13.5. The van der Waals surface area contributed by atoms with Gasteiger partial charge >= 0.3 is 30.0 Å². The number of nitrogens with zero attached hydrogens (tertiary/aromatic N) is 1. The van der Waals surface area contributed by atoms with Crippen LogP contribution in [0.15, 0.2) is 18.2 Å². The van der Waals surface area contributed by atoms with E-state index in [9.17, 15) is 48.9 Å². The van der Waals surface area contributed by atoms with Crippen molar-refractivity contribution in [1.82, 2.24) is 0 Å². The monoisotopic (exact) mass is 620 g/mol. The summed E-state index contributed by atoms with van der Waals surface area (Å²) in [5.74, 6) is -5.30. The van der Waals surface area contributed by atoms with Crippen LogP contribution in [0.4, 0.5) is 36.8 Å². The van der Waals surface area contributed by atoms with Crippen molar-refractivity contribution in [2.75, 3.05) is 17.7 Å². The average molecular weight is 620 g/mol. The van der Waals surface area contributed by atoms with Gasteiger partial charge in [-0.05, 0) is 61.6 Å². The maximum absolute atomic E-state index is 13.3. The van der Waals surface area contributed by atoms with Crippen molar-refractivity contribution in [1.29, 1.82) is 0 Å². The first-order valence-electron chi connectivity index (χ1n) is 8.57. The molecule has 8 nitrogen and oxygen atoms in total. The second kappa shape index (κ2) is 9.44. The minimum Gasteiger partial charge on any atom is -0.748 e. The molecule has 16 heteroatoms. The molecule has 1 rings (SSSR count). The predicted molar refractivity (Wildman–Crippen MR) is 109 cm³/mol. The lowest BCUT2D eigenvalue weighted by Gasteiger charge is -2.36. The summed E-state index contributed by atoms with van der Waals surface area (Å²) in [5.41, 5.74) is -7.21.